The Hall–Kier alpha value is -2.15. The molecule has 6 nitrogen and oxygen atoms in total. The molecule has 0 aliphatic rings. The highest BCUT2D eigenvalue weighted by molar-refractivity contribution is 7.09. The Morgan fingerprint density at radius 3 is 2.90 bits per heavy atom. The standard InChI is InChI=1S/C13H15N3O3S/c1-7(3-12(17)18)15-13(19)10-4-9(5-14-10)11-6-20-8(2)16-11/h4-7,14H,3H2,1-2H3,(H,15,19)(H,17,18). The largest absolute Gasteiger partial charge is 0.481 e. The molecule has 0 saturated heterocycles. The van der Waals surface area contributed by atoms with Crippen LogP contribution < -0.4 is 5.32 Å². The molecule has 0 bridgehead atoms. The Balaban J connectivity index is 2.05. The van der Waals surface area contributed by atoms with Gasteiger partial charge in [0.2, 0.25) is 0 Å². The van der Waals surface area contributed by atoms with Crippen LogP contribution in [0.15, 0.2) is 17.6 Å². The van der Waals surface area contributed by atoms with Gasteiger partial charge in [-0.2, -0.15) is 0 Å². The van der Waals surface area contributed by atoms with E-state index in [1.54, 1.807) is 30.5 Å². The number of hydrogen-bond donors (Lipinski definition) is 3. The topological polar surface area (TPSA) is 95.1 Å². The van der Waals surface area contributed by atoms with E-state index in [1.165, 1.54) is 0 Å². The molecule has 1 amide bonds. The molecule has 1 unspecified atom stereocenters. The SMILES string of the molecule is Cc1nc(-c2c[nH]c(C(=O)NC(C)CC(=O)O)c2)cs1. The predicted molar refractivity (Wildman–Crippen MR) is 75.8 cm³/mol. The molecule has 2 rings (SSSR count). The lowest BCUT2D eigenvalue weighted by molar-refractivity contribution is -0.137. The van der Waals surface area contributed by atoms with E-state index >= 15 is 0 Å². The van der Waals surface area contributed by atoms with Crippen LogP contribution in [0.25, 0.3) is 11.3 Å². The van der Waals surface area contributed by atoms with E-state index in [1.807, 2.05) is 12.3 Å². The molecular weight excluding hydrogens is 278 g/mol. The average molecular weight is 293 g/mol. The Labute approximate surface area is 119 Å². The third-order valence-corrected chi connectivity index (χ3v) is 3.47. The van der Waals surface area contributed by atoms with E-state index in [9.17, 15) is 9.59 Å². The molecule has 7 heteroatoms. The number of aryl methyl sites for hydroxylation is 1. The minimum absolute atomic E-state index is 0.107. The van der Waals surface area contributed by atoms with Gasteiger partial charge in [0.1, 0.15) is 5.69 Å². The van der Waals surface area contributed by atoms with Gasteiger partial charge in [0.05, 0.1) is 17.1 Å². The predicted octanol–water partition coefficient (Wildman–Crippen LogP) is 2.04. The summed E-state index contributed by atoms with van der Waals surface area (Å²) in [6.07, 6.45) is 1.61. The molecular formula is C13H15N3O3S. The zero-order valence-electron chi connectivity index (χ0n) is 11.1. The van der Waals surface area contributed by atoms with Gasteiger partial charge in [-0.15, -0.1) is 11.3 Å². The van der Waals surface area contributed by atoms with Crippen LogP contribution in [0.4, 0.5) is 0 Å². The van der Waals surface area contributed by atoms with Gasteiger partial charge >= 0.3 is 5.97 Å². The number of carbonyl (C=O) groups is 2. The lowest BCUT2D eigenvalue weighted by Gasteiger charge is -2.10. The number of amides is 1. The fourth-order valence-electron chi connectivity index (χ4n) is 1.78. The molecule has 2 aromatic rings. The van der Waals surface area contributed by atoms with Crippen LogP contribution in [0.1, 0.15) is 28.8 Å². The van der Waals surface area contributed by atoms with Gasteiger partial charge in [-0.25, -0.2) is 4.98 Å². The van der Waals surface area contributed by atoms with Crippen LogP contribution in [0.2, 0.25) is 0 Å². The number of aromatic nitrogens is 2. The Bertz CT molecular complexity index is 632. The molecule has 2 heterocycles. The molecule has 0 spiro atoms. The van der Waals surface area contributed by atoms with Crippen LogP contribution in [-0.4, -0.2) is 33.0 Å². The minimum Gasteiger partial charge on any atom is -0.481 e. The van der Waals surface area contributed by atoms with Crippen LogP contribution in [0.3, 0.4) is 0 Å². The molecule has 0 fully saturated rings. The van der Waals surface area contributed by atoms with Crippen molar-refractivity contribution in [2.45, 2.75) is 26.3 Å². The average Bonchev–Trinajstić information content (AvgIpc) is 2.95. The van der Waals surface area contributed by atoms with Crippen molar-refractivity contribution in [1.82, 2.24) is 15.3 Å². The number of carboxylic acids is 1. The fraction of sp³-hybridized carbons (Fsp3) is 0.308. The second kappa shape index (κ2) is 5.87. The first-order valence-electron chi connectivity index (χ1n) is 6.09. The summed E-state index contributed by atoms with van der Waals surface area (Å²) >= 11 is 1.54. The number of thiazole rings is 1. The first kappa shape index (κ1) is 14.3. The van der Waals surface area contributed by atoms with Crippen molar-refractivity contribution in [3.8, 4) is 11.3 Å². The molecule has 0 aliphatic heterocycles. The van der Waals surface area contributed by atoms with Crippen molar-refractivity contribution in [3.05, 3.63) is 28.3 Å². The molecule has 0 saturated carbocycles. The first-order chi connectivity index (χ1) is 9.45. The molecule has 0 radical (unpaired) electrons. The third-order valence-electron chi connectivity index (χ3n) is 2.70. The second-order valence-corrected chi connectivity index (χ2v) is 5.59. The zero-order chi connectivity index (χ0) is 14.7. The number of carbonyl (C=O) groups excluding carboxylic acids is 1. The summed E-state index contributed by atoms with van der Waals surface area (Å²) in [5.41, 5.74) is 2.05. The fourth-order valence-corrected chi connectivity index (χ4v) is 2.41. The van der Waals surface area contributed by atoms with E-state index in [2.05, 4.69) is 15.3 Å². The summed E-state index contributed by atoms with van der Waals surface area (Å²) in [5, 5.41) is 14.2. The number of aromatic amines is 1. The van der Waals surface area contributed by atoms with E-state index < -0.39 is 12.0 Å². The summed E-state index contributed by atoms with van der Waals surface area (Å²) in [7, 11) is 0. The number of aliphatic carboxylic acids is 1. The molecule has 2 aromatic heterocycles. The van der Waals surface area contributed by atoms with Gasteiger partial charge in [-0.1, -0.05) is 0 Å². The summed E-state index contributed by atoms with van der Waals surface area (Å²) < 4.78 is 0. The highest BCUT2D eigenvalue weighted by Crippen LogP contribution is 2.22. The quantitative estimate of drug-likeness (QED) is 0.786. The van der Waals surface area contributed by atoms with Crippen LogP contribution in [-0.2, 0) is 4.79 Å². The Morgan fingerprint density at radius 2 is 2.30 bits per heavy atom. The number of hydrogen-bond acceptors (Lipinski definition) is 4. The highest BCUT2D eigenvalue weighted by atomic mass is 32.1. The summed E-state index contributed by atoms with van der Waals surface area (Å²) in [5.74, 6) is -1.26. The van der Waals surface area contributed by atoms with Crippen molar-refractivity contribution in [1.29, 1.82) is 0 Å². The van der Waals surface area contributed by atoms with Gasteiger partial charge in [-0.05, 0) is 19.9 Å². The normalized spacial score (nSPS) is 12.1. The molecule has 20 heavy (non-hydrogen) atoms. The van der Waals surface area contributed by atoms with Gasteiger partial charge in [0.15, 0.2) is 0 Å². The van der Waals surface area contributed by atoms with Crippen molar-refractivity contribution in [3.63, 3.8) is 0 Å². The van der Waals surface area contributed by atoms with Crippen molar-refractivity contribution in [2.24, 2.45) is 0 Å². The van der Waals surface area contributed by atoms with Crippen LogP contribution >= 0.6 is 11.3 Å². The number of carboxylic acid groups (broad SMARTS) is 1. The lowest BCUT2D eigenvalue weighted by Crippen LogP contribution is -2.34. The number of nitrogens with zero attached hydrogens (tertiary/aromatic N) is 1. The van der Waals surface area contributed by atoms with E-state index in [-0.39, 0.29) is 12.3 Å². The zero-order valence-corrected chi connectivity index (χ0v) is 12.0. The molecule has 106 valence electrons. The maximum Gasteiger partial charge on any atom is 0.305 e. The summed E-state index contributed by atoms with van der Waals surface area (Å²) in [4.78, 5) is 29.7. The monoisotopic (exact) mass is 293 g/mol. The lowest BCUT2D eigenvalue weighted by atomic mass is 10.2. The molecule has 0 aromatic carbocycles. The second-order valence-electron chi connectivity index (χ2n) is 4.53. The van der Waals surface area contributed by atoms with Crippen molar-refractivity contribution >= 4 is 23.2 Å². The summed E-state index contributed by atoms with van der Waals surface area (Å²) in [6.45, 7) is 3.57. The highest BCUT2D eigenvalue weighted by Gasteiger charge is 2.15. The van der Waals surface area contributed by atoms with Crippen LogP contribution in [0.5, 0.6) is 0 Å². The maximum atomic E-state index is 11.9. The van der Waals surface area contributed by atoms with E-state index in [4.69, 9.17) is 5.11 Å². The minimum atomic E-state index is -0.942. The van der Waals surface area contributed by atoms with E-state index in [0.29, 0.717) is 5.69 Å². The number of H-pyrrole nitrogens is 1. The Morgan fingerprint density at radius 1 is 1.55 bits per heavy atom. The van der Waals surface area contributed by atoms with Crippen LogP contribution in [0, 0.1) is 6.92 Å². The molecule has 1 atom stereocenters. The third kappa shape index (κ3) is 3.45. The van der Waals surface area contributed by atoms with Gasteiger partial charge < -0.3 is 15.4 Å². The smallest absolute Gasteiger partial charge is 0.305 e. The number of rotatable bonds is 5. The summed E-state index contributed by atoms with van der Waals surface area (Å²) in [6, 6.07) is 1.28. The molecule has 0 aliphatic carbocycles. The van der Waals surface area contributed by atoms with Gasteiger partial charge in [0, 0.05) is 23.2 Å². The maximum absolute atomic E-state index is 11.9. The number of nitrogens with one attached hydrogen (secondary N) is 2. The van der Waals surface area contributed by atoms with Crippen molar-refractivity contribution < 1.29 is 14.7 Å². The van der Waals surface area contributed by atoms with Crippen molar-refractivity contribution in [2.75, 3.05) is 0 Å². The van der Waals surface area contributed by atoms with Gasteiger partial charge in [-0.3, -0.25) is 9.59 Å². The molecule has 3 N–H and O–H groups in total. The van der Waals surface area contributed by atoms with E-state index in [0.717, 1.165) is 16.3 Å². The Kier molecular flexibility index (Phi) is 4.19. The first-order valence-corrected chi connectivity index (χ1v) is 6.97. The van der Waals surface area contributed by atoms with Gasteiger partial charge in [0.25, 0.3) is 5.91 Å².